The molecule has 0 bridgehead atoms. The Bertz CT molecular complexity index is 1570. The SMILES string of the molecule is COC1CCC(OC2CC([C@]3(C)CC[C@]4(CC(O)C(C)C(C(C)C=C(C)C(=O)C(C)CC(C)C(=O)O)O4)O3)O[C@]3(OC(C4O[C@](O)(CO)C(C)CC4C)CC3C)C2C)OC1C. The molecule has 6 rings (SSSR count). The minimum atomic E-state index is -1.66. The smallest absolute Gasteiger partial charge is 0.306 e. The summed E-state index contributed by atoms with van der Waals surface area (Å²) in [6.45, 7) is 20.9. The van der Waals surface area contributed by atoms with Gasteiger partial charge in [-0.15, -0.1) is 0 Å². The number of carbonyl (C=O) groups is 2. The molecule has 21 atom stereocenters. The first-order chi connectivity index (χ1) is 28.5. The highest BCUT2D eigenvalue weighted by Gasteiger charge is 2.65. The highest BCUT2D eigenvalue weighted by molar-refractivity contribution is 5.96. The van der Waals surface area contributed by atoms with Gasteiger partial charge in [-0.25, -0.2) is 0 Å². The number of aliphatic hydroxyl groups is 3. The maximum absolute atomic E-state index is 13.4. The summed E-state index contributed by atoms with van der Waals surface area (Å²) in [6.07, 6.45) is 3.25. The number of hydrogen-bond donors (Lipinski definition) is 4. The lowest BCUT2D eigenvalue weighted by atomic mass is 9.76. The fraction of sp³-hybridized carbons (Fsp3) is 0.915. The van der Waals surface area contributed by atoms with Crippen LogP contribution in [0.25, 0.3) is 0 Å². The molecule has 0 saturated carbocycles. The number of aliphatic hydroxyl groups excluding tert-OH is 2. The van der Waals surface area contributed by atoms with E-state index in [1.165, 1.54) is 0 Å². The Hall–Kier alpha value is -1.56. The van der Waals surface area contributed by atoms with Crippen molar-refractivity contribution in [3.8, 4) is 0 Å². The summed E-state index contributed by atoms with van der Waals surface area (Å²) in [5.41, 5.74) is -0.326. The van der Waals surface area contributed by atoms with Gasteiger partial charge in [0.1, 0.15) is 0 Å². The number of rotatable bonds is 13. The van der Waals surface area contributed by atoms with Gasteiger partial charge in [-0.2, -0.15) is 0 Å². The Labute approximate surface area is 363 Å². The monoisotopic (exact) mass is 867 g/mol. The molecule has 350 valence electrons. The molecule has 0 aromatic heterocycles. The van der Waals surface area contributed by atoms with Crippen LogP contribution in [0.1, 0.15) is 134 Å². The minimum Gasteiger partial charge on any atom is -0.481 e. The van der Waals surface area contributed by atoms with E-state index in [1.807, 2.05) is 33.8 Å². The van der Waals surface area contributed by atoms with Crippen LogP contribution in [-0.2, 0) is 47.5 Å². The Morgan fingerprint density at radius 1 is 0.902 bits per heavy atom. The number of allylic oxidation sites excluding steroid dienone is 1. The number of carboxylic acids is 1. The first kappa shape index (κ1) is 48.9. The first-order valence-corrected chi connectivity index (χ1v) is 23.2. The van der Waals surface area contributed by atoms with Crippen molar-refractivity contribution < 1.29 is 67.9 Å². The van der Waals surface area contributed by atoms with Gasteiger partial charge in [-0.3, -0.25) is 9.59 Å². The second-order valence-electron chi connectivity index (χ2n) is 20.6. The molecule has 0 radical (unpaired) electrons. The summed E-state index contributed by atoms with van der Waals surface area (Å²) in [5.74, 6) is -7.01. The molecule has 14 nitrogen and oxygen atoms in total. The van der Waals surface area contributed by atoms with Crippen LogP contribution in [0, 0.1) is 47.3 Å². The first-order valence-electron chi connectivity index (χ1n) is 23.2. The summed E-state index contributed by atoms with van der Waals surface area (Å²) in [5, 5.41) is 42.5. The fourth-order valence-electron chi connectivity index (χ4n) is 11.8. The molecule has 0 aromatic carbocycles. The van der Waals surface area contributed by atoms with Crippen molar-refractivity contribution in [1.82, 2.24) is 0 Å². The summed E-state index contributed by atoms with van der Waals surface area (Å²) in [7, 11) is 1.70. The van der Waals surface area contributed by atoms with Crippen LogP contribution in [0.2, 0.25) is 0 Å². The molecule has 0 aliphatic carbocycles. The van der Waals surface area contributed by atoms with Crippen molar-refractivity contribution in [3.05, 3.63) is 11.6 Å². The zero-order valence-corrected chi connectivity index (χ0v) is 38.8. The lowest BCUT2D eigenvalue weighted by molar-refractivity contribution is -0.390. The number of ketones is 1. The van der Waals surface area contributed by atoms with Gasteiger partial charge in [0.25, 0.3) is 0 Å². The van der Waals surface area contributed by atoms with Crippen molar-refractivity contribution >= 4 is 11.8 Å². The van der Waals surface area contributed by atoms with Gasteiger partial charge in [-0.1, -0.05) is 61.5 Å². The maximum atomic E-state index is 13.4. The third-order valence-corrected chi connectivity index (χ3v) is 15.9. The van der Waals surface area contributed by atoms with E-state index in [-0.39, 0.29) is 72.4 Å². The second-order valence-corrected chi connectivity index (χ2v) is 20.6. The number of carboxylic acid groups (broad SMARTS) is 1. The summed E-state index contributed by atoms with van der Waals surface area (Å²) >= 11 is 0. The van der Waals surface area contributed by atoms with Crippen LogP contribution in [0.3, 0.4) is 0 Å². The van der Waals surface area contributed by atoms with Gasteiger partial charge in [0.05, 0.1) is 67.0 Å². The van der Waals surface area contributed by atoms with Crippen LogP contribution in [0.5, 0.6) is 0 Å². The van der Waals surface area contributed by atoms with Gasteiger partial charge in [0.15, 0.2) is 29.4 Å². The van der Waals surface area contributed by atoms with Gasteiger partial charge >= 0.3 is 5.97 Å². The van der Waals surface area contributed by atoms with Crippen LogP contribution < -0.4 is 0 Å². The number of methoxy groups -OCH3 is 1. The third kappa shape index (κ3) is 9.71. The van der Waals surface area contributed by atoms with E-state index in [0.29, 0.717) is 44.1 Å². The molecule has 6 fully saturated rings. The maximum Gasteiger partial charge on any atom is 0.306 e. The van der Waals surface area contributed by atoms with Crippen molar-refractivity contribution in [1.29, 1.82) is 0 Å². The molecule has 6 aliphatic heterocycles. The van der Waals surface area contributed by atoms with Crippen molar-refractivity contribution in [2.24, 2.45) is 47.3 Å². The zero-order valence-electron chi connectivity index (χ0n) is 38.8. The van der Waals surface area contributed by atoms with E-state index in [0.717, 1.165) is 6.42 Å². The average Bonchev–Trinajstić information content (AvgIpc) is 3.71. The number of hydrogen-bond acceptors (Lipinski definition) is 13. The summed E-state index contributed by atoms with van der Waals surface area (Å²) in [6, 6.07) is 0. The molecule has 61 heavy (non-hydrogen) atoms. The number of Topliss-reactive ketones (excluding diaryl/α,β-unsaturated/α-hetero) is 1. The van der Waals surface area contributed by atoms with Gasteiger partial charge in [0, 0.05) is 68.3 Å². The van der Waals surface area contributed by atoms with E-state index >= 15 is 0 Å². The molecule has 6 saturated heterocycles. The van der Waals surface area contributed by atoms with Crippen LogP contribution in [-0.4, -0.2) is 124 Å². The highest BCUT2D eigenvalue weighted by Crippen LogP contribution is 2.56. The third-order valence-electron chi connectivity index (χ3n) is 15.9. The van der Waals surface area contributed by atoms with Crippen LogP contribution in [0.15, 0.2) is 11.6 Å². The molecule has 14 heteroatoms. The minimum absolute atomic E-state index is 0.0130. The topological polar surface area (TPSA) is 189 Å². The van der Waals surface area contributed by atoms with E-state index in [4.69, 9.17) is 37.9 Å². The molecule has 17 unspecified atom stereocenters. The highest BCUT2D eigenvalue weighted by atomic mass is 16.8. The quantitative estimate of drug-likeness (QED) is 0.154. The van der Waals surface area contributed by atoms with Crippen molar-refractivity contribution in [3.63, 3.8) is 0 Å². The lowest BCUT2D eigenvalue weighted by Gasteiger charge is -2.54. The van der Waals surface area contributed by atoms with Gasteiger partial charge < -0.3 is 58.3 Å². The number of carbonyl (C=O) groups excluding carboxylic acids is 1. The molecule has 6 aliphatic rings. The second kappa shape index (κ2) is 18.7. The Kier molecular flexibility index (Phi) is 15.0. The van der Waals surface area contributed by atoms with Crippen molar-refractivity contribution in [2.75, 3.05) is 13.7 Å². The predicted molar refractivity (Wildman–Crippen MR) is 224 cm³/mol. The van der Waals surface area contributed by atoms with Gasteiger partial charge in [-0.05, 0) is 64.4 Å². The normalized spacial score (nSPS) is 48.6. The van der Waals surface area contributed by atoms with Gasteiger partial charge in [0.2, 0.25) is 0 Å². The van der Waals surface area contributed by atoms with Crippen molar-refractivity contribution in [2.45, 2.75) is 212 Å². The molecule has 0 aromatic rings. The number of aliphatic carboxylic acids is 1. The summed E-state index contributed by atoms with van der Waals surface area (Å²) in [4.78, 5) is 24.8. The molecule has 2 spiro atoms. The van der Waals surface area contributed by atoms with Crippen LogP contribution in [0.4, 0.5) is 0 Å². The Morgan fingerprint density at radius 2 is 1.61 bits per heavy atom. The van der Waals surface area contributed by atoms with E-state index < -0.39 is 84.2 Å². The molecule has 0 amide bonds. The Morgan fingerprint density at radius 3 is 2.25 bits per heavy atom. The fourth-order valence-corrected chi connectivity index (χ4v) is 11.8. The van der Waals surface area contributed by atoms with E-state index in [1.54, 1.807) is 27.9 Å². The largest absolute Gasteiger partial charge is 0.481 e. The molecule has 4 N–H and O–H groups in total. The number of ether oxygens (including phenoxy) is 8. The molecular weight excluding hydrogens is 789 g/mol. The Balaban J connectivity index is 1.24. The van der Waals surface area contributed by atoms with E-state index in [9.17, 15) is 30.0 Å². The molecule has 6 heterocycles. The van der Waals surface area contributed by atoms with Crippen LogP contribution >= 0.6 is 0 Å². The lowest BCUT2D eigenvalue weighted by Crippen LogP contribution is -2.63. The van der Waals surface area contributed by atoms with E-state index in [2.05, 4.69) is 27.7 Å². The average molecular weight is 867 g/mol. The molecular formula is C47H78O14. The predicted octanol–water partition coefficient (Wildman–Crippen LogP) is 6.15. The zero-order chi connectivity index (χ0) is 45.0. The standard InChI is InChI=1S/C47H78O14/c1-24(40(50)25(2)18-28(5)43(51)52)17-26(3)41-31(8)34(49)22-45(59-41)16-15-44(11,61-45)38-21-36(56-39-14-13-35(54-12)33(10)55-39)32(9)47(58-38)30(7)20-37(57-47)42-27(4)19-29(6)46(53,23-48)60-42/h17,25-39,41-42,48-49,53H,13-16,18-23H2,1-12H3,(H,51,52)/t25?,26?,27?,28?,29?,30?,31?,32?,33?,34?,35?,36?,37?,38?,39?,41?,42?,44-,45+,46+,47-/m0/s1. The summed E-state index contributed by atoms with van der Waals surface area (Å²) < 4.78 is 53.9.